The largest absolute Gasteiger partial charge is 0.394 e. The van der Waals surface area contributed by atoms with E-state index in [1.807, 2.05) is 0 Å². The third-order valence-electron chi connectivity index (χ3n) is 10.5. The van der Waals surface area contributed by atoms with E-state index in [0.717, 1.165) is 64.2 Å². The Morgan fingerprint density at radius 3 is 1.25 bits per heavy atom. The summed E-state index contributed by atoms with van der Waals surface area (Å²) in [5.74, 6) is 0.561. The molecule has 0 spiro atoms. The van der Waals surface area contributed by atoms with Gasteiger partial charge in [-0.3, -0.25) is 9.59 Å². The van der Waals surface area contributed by atoms with E-state index < -0.39 is 0 Å². The van der Waals surface area contributed by atoms with Crippen LogP contribution in [0.3, 0.4) is 0 Å². The first kappa shape index (κ1) is 49.6. The minimum absolute atomic E-state index is 0.0476. The number of Topliss-reactive ketones (excluding diaryl/α,β-unsaturated/α-hetero) is 1. The number of hydrogen-bond acceptors (Lipinski definition) is 3. The number of amides is 1. The van der Waals surface area contributed by atoms with Gasteiger partial charge in [0, 0.05) is 19.3 Å². The lowest BCUT2D eigenvalue weighted by molar-refractivity contribution is -0.122. The minimum Gasteiger partial charge on any atom is -0.394 e. The molecule has 0 aliphatic carbocycles. The number of hydrogen-bond donors (Lipinski definition) is 2. The van der Waals surface area contributed by atoms with Crippen LogP contribution in [-0.4, -0.2) is 29.4 Å². The van der Waals surface area contributed by atoms with Crippen LogP contribution in [0, 0.1) is 0 Å². The zero-order valence-corrected chi connectivity index (χ0v) is 34.5. The van der Waals surface area contributed by atoms with E-state index in [4.69, 9.17) is 0 Å². The average molecular weight is 716 g/mol. The SMILES string of the molecule is CCCCC/C=C\C/C=C\CCCCCCCC(=O)CCCCCCCCCCC(=O)N[C@H](CO)CCCCCCCCCCCCCCCC. The Morgan fingerprint density at radius 1 is 0.451 bits per heavy atom. The predicted molar refractivity (Wildman–Crippen MR) is 224 cm³/mol. The number of ketones is 1. The van der Waals surface area contributed by atoms with E-state index in [2.05, 4.69) is 43.5 Å². The summed E-state index contributed by atoms with van der Waals surface area (Å²) >= 11 is 0. The summed E-state index contributed by atoms with van der Waals surface area (Å²) in [6, 6.07) is -0.0815. The molecule has 51 heavy (non-hydrogen) atoms. The highest BCUT2D eigenvalue weighted by Crippen LogP contribution is 2.15. The Kier molecular flexibility index (Phi) is 41.8. The van der Waals surface area contributed by atoms with Crippen molar-refractivity contribution in [3.8, 4) is 0 Å². The second-order valence-electron chi connectivity index (χ2n) is 15.7. The van der Waals surface area contributed by atoms with Crippen LogP contribution in [0.15, 0.2) is 24.3 Å². The fraction of sp³-hybridized carbons (Fsp3) is 0.872. The fourth-order valence-corrected chi connectivity index (χ4v) is 7.02. The maximum absolute atomic E-state index is 12.4. The molecule has 1 amide bonds. The summed E-state index contributed by atoms with van der Waals surface area (Å²) in [4.78, 5) is 24.6. The zero-order valence-electron chi connectivity index (χ0n) is 34.5. The molecular formula is C47H89NO3. The van der Waals surface area contributed by atoms with E-state index in [1.54, 1.807) is 0 Å². The first-order valence-electron chi connectivity index (χ1n) is 22.9. The average Bonchev–Trinajstić information content (AvgIpc) is 3.13. The second-order valence-corrected chi connectivity index (χ2v) is 15.7. The van der Waals surface area contributed by atoms with Gasteiger partial charge < -0.3 is 10.4 Å². The molecule has 0 bridgehead atoms. The maximum atomic E-state index is 12.4. The number of carbonyl (C=O) groups excluding carboxylic acids is 2. The van der Waals surface area contributed by atoms with Gasteiger partial charge in [-0.2, -0.15) is 0 Å². The molecule has 0 saturated heterocycles. The van der Waals surface area contributed by atoms with Crippen LogP contribution in [0.5, 0.6) is 0 Å². The van der Waals surface area contributed by atoms with Crippen molar-refractivity contribution in [3.63, 3.8) is 0 Å². The topological polar surface area (TPSA) is 66.4 Å². The number of allylic oxidation sites excluding steroid dienone is 4. The normalized spacial score (nSPS) is 12.4. The predicted octanol–water partition coefficient (Wildman–Crippen LogP) is 14.6. The minimum atomic E-state index is -0.0815. The summed E-state index contributed by atoms with van der Waals surface area (Å²) in [6.45, 7) is 4.58. The van der Waals surface area contributed by atoms with Crippen molar-refractivity contribution >= 4 is 11.7 Å². The highest BCUT2D eigenvalue weighted by atomic mass is 16.3. The second kappa shape index (κ2) is 43.0. The molecule has 1 atom stereocenters. The van der Waals surface area contributed by atoms with Gasteiger partial charge in [0.25, 0.3) is 0 Å². The number of rotatable bonds is 42. The summed E-state index contributed by atoms with van der Waals surface area (Å²) in [5.41, 5.74) is 0. The fourth-order valence-electron chi connectivity index (χ4n) is 7.02. The third-order valence-corrected chi connectivity index (χ3v) is 10.5. The molecule has 0 rings (SSSR count). The van der Waals surface area contributed by atoms with E-state index in [9.17, 15) is 14.7 Å². The summed E-state index contributed by atoms with van der Waals surface area (Å²) in [5, 5.41) is 12.8. The molecule has 0 aromatic carbocycles. The van der Waals surface area contributed by atoms with Gasteiger partial charge >= 0.3 is 0 Å². The number of aliphatic hydroxyl groups is 1. The molecule has 300 valence electrons. The van der Waals surface area contributed by atoms with Crippen LogP contribution in [0.1, 0.15) is 251 Å². The molecular weight excluding hydrogens is 627 g/mol. The third kappa shape index (κ3) is 41.2. The Balaban J connectivity index is 3.45. The van der Waals surface area contributed by atoms with Gasteiger partial charge in [0.2, 0.25) is 5.91 Å². The van der Waals surface area contributed by atoms with E-state index in [0.29, 0.717) is 12.2 Å². The van der Waals surface area contributed by atoms with Gasteiger partial charge in [0.1, 0.15) is 5.78 Å². The molecule has 0 unspecified atom stereocenters. The number of carbonyl (C=O) groups is 2. The van der Waals surface area contributed by atoms with Crippen LogP contribution >= 0.6 is 0 Å². The lowest BCUT2D eigenvalue weighted by Crippen LogP contribution is -2.37. The molecule has 0 fully saturated rings. The molecule has 0 aliphatic heterocycles. The van der Waals surface area contributed by atoms with Crippen molar-refractivity contribution in [3.05, 3.63) is 24.3 Å². The zero-order chi connectivity index (χ0) is 37.1. The maximum Gasteiger partial charge on any atom is 0.220 e. The first-order valence-corrected chi connectivity index (χ1v) is 22.9. The Morgan fingerprint density at radius 2 is 0.804 bits per heavy atom. The molecule has 0 aromatic heterocycles. The molecule has 2 N–H and O–H groups in total. The molecule has 0 radical (unpaired) electrons. The van der Waals surface area contributed by atoms with Gasteiger partial charge in [-0.25, -0.2) is 0 Å². The first-order chi connectivity index (χ1) is 25.1. The van der Waals surface area contributed by atoms with E-state index in [1.165, 1.54) is 167 Å². The van der Waals surface area contributed by atoms with Crippen molar-refractivity contribution in [1.29, 1.82) is 0 Å². The molecule has 0 aromatic rings. The highest BCUT2D eigenvalue weighted by molar-refractivity contribution is 5.78. The quantitative estimate of drug-likeness (QED) is 0.0488. The molecule has 0 heterocycles. The van der Waals surface area contributed by atoms with Gasteiger partial charge in [0.05, 0.1) is 12.6 Å². The smallest absolute Gasteiger partial charge is 0.220 e. The standard InChI is InChI=1S/C47H89NO3/c1-3-5-7-9-11-13-15-17-19-21-23-25-29-33-37-41-46(50)42-38-34-30-26-27-31-35-39-43-47(51)48-45(44-49)40-36-32-28-24-22-20-18-16-14-12-10-8-6-4-2/h11,13,17,19,45,49H,3-10,12,14-16,18,20-44H2,1-2H3,(H,48,51)/b13-11-,19-17-/t45-/m0/s1. The Bertz CT molecular complexity index is 775. The number of nitrogens with one attached hydrogen (secondary N) is 1. The van der Waals surface area contributed by atoms with Crippen molar-refractivity contribution in [2.45, 2.75) is 257 Å². The van der Waals surface area contributed by atoms with Gasteiger partial charge in [-0.15, -0.1) is 0 Å². The van der Waals surface area contributed by atoms with E-state index >= 15 is 0 Å². The lowest BCUT2D eigenvalue weighted by Gasteiger charge is -2.16. The van der Waals surface area contributed by atoms with Gasteiger partial charge in [0.15, 0.2) is 0 Å². The van der Waals surface area contributed by atoms with Crippen LogP contribution in [0.25, 0.3) is 0 Å². The summed E-state index contributed by atoms with van der Waals surface area (Å²) < 4.78 is 0. The highest BCUT2D eigenvalue weighted by Gasteiger charge is 2.11. The van der Waals surface area contributed by atoms with Gasteiger partial charge in [-0.05, 0) is 57.8 Å². The molecule has 4 nitrogen and oxygen atoms in total. The van der Waals surface area contributed by atoms with Crippen LogP contribution in [0.2, 0.25) is 0 Å². The van der Waals surface area contributed by atoms with Crippen molar-refractivity contribution in [2.24, 2.45) is 0 Å². The Hall–Kier alpha value is -1.42. The summed E-state index contributed by atoms with van der Waals surface area (Å²) in [6.07, 6.45) is 53.7. The monoisotopic (exact) mass is 716 g/mol. The number of unbranched alkanes of at least 4 members (excludes halogenated alkanes) is 28. The van der Waals surface area contributed by atoms with Crippen LogP contribution < -0.4 is 5.32 Å². The van der Waals surface area contributed by atoms with Crippen molar-refractivity contribution < 1.29 is 14.7 Å². The summed E-state index contributed by atoms with van der Waals surface area (Å²) in [7, 11) is 0. The molecule has 0 saturated carbocycles. The van der Waals surface area contributed by atoms with Crippen molar-refractivity contribution in [2.75, 3.05) is 6.61 Å². The lowest BCUT2D eigenvalue weighted by atomic mass is 10.0. The van der Waals surface area contributed by atoms with Gasteiger partial charge in [-0.1, -0.05) is 199 Å². The number of aliphatic hydroxyl groups excluding tert-OH is 1. The van der Waals surface area contributed by atoms with E-state index in [-0.39, 0.29) is 18.6 Å². The van der Waals surface area contributed by atoms with Crippen LogP contribution in [-0.2, 0) is 9.59 Å². The molecule has 4 heteroatoms. The van der Waals surface area contributed by atoms with Crippen molar-refractivity contribution in [1.82, 2.24) is 5.32 Å². The Labute approximate surface area is 319 Å². The van der Waals surface area contributed by atoms with Crippen LogP contribution in [0.4, 0.5) is 0 Å². The molecule has 0 aliphatic rings.